The SMILES string of the molecule is COc1cccc(OC)c1C(=O)Nc1ccc(Br)c(Cl)c1. The smallest absolute Gasteiger partial charge is 0.263 e. The number of benzene rings is 2. The number of rotatable bonds is 4. The summed E-state index contributed by atoms with van der Waals surface area (Å²) in [4.78, 5) is 12.4. The first kappa shape index (κ1) is 15.7. The van der Waals surface area contributed by atoms with Crippen molar-refractivity contribution in [3.63, 3.8) is 0 Å². The third kappa shape index (κ3) is 3.49. The summed E-state index contributed by atoms with van der Waals surface area (Å²) in [5.41, 5.74) is 0.919. The molecule has 0 heterocycles. The summed E-state index contributed by atoms with van der Waals surface area (Å²) < 4.78 is 11.2. The Morgan fingerprint density at radius 3 is 2.29 bits per heavy atom. The summed E-state index contributed by atoms with van der Waals surface area (Å²) in [6.07, 6.45) is 0. The summed E-state index contributed by atoms with van der Waals surface area (Å²) in [5.74, 6) is 0.549. The number of carbonyl (C=O) groups excluding carboxylic acids is 1. The molecule has 0 saturated heterocycles. The number of hydrogen-bond acceptors (Lipinski definition) is 3. The van der Waals surface area contributed by atoms with Crippen LogP contribution in [0.4, 0.5) is 5.69 Å². The van der Waals surface area contributed by atoms with Crippen LogP contribution >= 0.6 is 27.5 Å². The first-order valence-corrected chi connectivity index (χ1v) is 7.21. The van der Waals surface area contributed by atoms with Gasteiger partial charge in [0, 0.05) is 10.2 Å². The van der Waals surface area contributed by atoms with Crippen LogP contribution in [0.15, 0.2) is 40.9 Å². The number of methoxy groups -OCH3 is 2. The number of carbonyl (C=O) groups is 1. The number of nitrogens with one attached hydrogen (secondary N) is 1. The van der Waals surface area contributed by atoms with Crippen molar-refractivity contribution in [1.82, 2.24) is 0 Å². The molecule has 6 heteroatoms. The maximum atomic E-state index is 12.4. The topological polar surface area (TPSA) is 47.6 Å². The first-order chi connectivity index (χ1) is 10.1. The lowest BCUT2D eigenvalue weighted by molar-refractivity contribution is 0.102. The van der Waals surface area contributed by atoms with E-state index >= 15 is 0 Å². The van der Waals surface area contributed by atoms with Gasteiger partial charge in [0.05, 0.1) is 19.2 Å². The van der Waals surface area contributed by atoms with Crippen LogP contribution in [0.5, 0.6) is 11.5 Å². The Bertz CT molecular complexity index is 654. The third-order valence-electron chi connectivity index (χ3n) is 2.83. The van der Waals surface area contributed by atoms with Crippen LogP contribution in [0.2, 0.25) is 5.02 Å². The highest BCUT2D eigenvalue weighted by Gasteiger charge is 2.18. The van der Waals surface area contributed by atoms with E-state index in [2.05, 4.69) is 21.2 Å². The van der Waals surface area contributed by atoms with Gasteiger partial charge in [-0.05, 0) is 46.3 Å². The zero-order valence-electron chi connectivity index (χ0n) is 11.4. The number of ether oxygens (including phenoxy) is 2. The van der Waals surface area contributed by atoms with Gasteiger partial charge in [0.2, 0.25) is 0 Å². The molecule has 0 aliphatic rings. The number of amides is 1. The Balaban J connectivity index is 2.34. The van der Waals surface area contributed by atoms with Crippen molar-refractivity contribution in [2.75, 3.05) is 19.5 Å². The van der Waals surface area contributed by atoms with Gasteiger partial charge in [0.1, 0.15) is 17.1 Å². The molecule has 0 unspecified atom stereocenters. The minimum absolute atomic E-state index is 0.331. The largest absolute Gasteiger partial charge is 0.496 e. The lowest BCUT2D eigenvalue weighted by Crippen LogP contribution is -2.14. The minimum atomic E-state index is -0.331. The highest BCUT2D eigenvalue weighted by atomic mass is 79.9. The lowest BCUT2D eigenvalue weighted by Gasteiger charge is -2.13. The Morgan fingerprint density at radius 1 is 1.14 bits per heavy atom. The zero-order valence-corrected chi connectivity index (χ0v) is 13.8. The molecule has 0 spiro atoms. The van der Waals surface area contributed by atoms with Gasteiger partial charge in [-0.2, -0.15) is 0 Å². The average Bonchev–Trinajstić information content (AvgIpc) is 2.49. The molecule has 0 saturated carbocycles. The predicted molar refractivity (Wildman–Crippen MR) is 86.7 cm³/mol. The molecule has 2 aromatic rings. The van der Waals surface area contributed by atoms with Crippen LogP contribution in [0.3, 0.4) is 0 Å². The summed E-state index contributed by atoms with van der Waals surface area (Å²) in [5, 5.41) is 3.29. The second kappa shape index (κ2) is 6.83. The van der Waals surface area contributed by atoms with Crippen LogP contribution in [-0.4, -0.2) is 20.1 Å². The molecule has 2 aromatic carbocycles. The molecule has 1 amide bonds. The van der Waals surface area contributed by atoms with E-state index in [1.165, 1.54) is 14.2 Å². The predicted octanol–water partition coefficient (Wildman–Crippen LogP) is 4.37. The van der Waals surface area contributed by atoms with E-state index in [1.54, 1.807) is 36.4 Å². The van der Waals surface area contributed by atoms with Crippen molar-refractivity contribution >= 4 is 39.1 Å². The van der Waals surface area contributed by atoms with Crippen LogP contribution in [0, 0.1) is 0 Å². The van der Waals surface area contributed by atoms with Crippen LogP contribution in [0.25, 0.3) is 0 Å². The molecule has 0 atom stereocenters. The molecule has 4 nitrogen and oxygen atoms in total. The zero-order chi connectivity index (χ0) is 15.4. The van der Waals surface area contributed by atoms with E-state index in [9.17, 15) is 4.79 Å². The Kier molecular flexibility index (Phi) is 5.09. The van der Waals surface area contributed by atoms with Gasteiger partial charge in [-0.3, -0.25) is 4.79 Å². The van der Waals surface area contributed by atoms with Crippen molar-refractivity contribution in [3.05, 3.63) is 51.5 Å². The molecular formula is C15H13BrClNO3. The Labute approximate surface area is 136 Å². The fourth-order valence-electron chi connectivity index (χ4n) is 1.84. The summed E-state index contributed by atoms with van der Waals surface area (Å²) in [6, 6.07) is 10.3. The van der Waals surface area contributed by atoms with Crippen molar-refractivity contribution < 1.29 is 14.3 Å². The molecule has 2 rings (SSSR count). The molecule has 110 valence electrons. The summed E-state index contributed by atoms with van der Waals surface area (Å²) >= 11 is 9.31. The second-order valence-electron chi connectivity index (χ2n) is 4.12. The molecule has 0 aromatic heterocycles. The van der Waals surface area contributed by atoms with E-state index in [1.807, 2.05) is 0 Å². The normalized spacial score (nSPS) is 10.1. The molecular weight excluding hydrogens is 358 g/mol. The highest BCUT2D eigenvalue weighted by molar-refractivity contribution is 9.10. The maximum Gasteiger partial charge on any atom is 0.263 e. The number of halogens is 2. The summed E-state index contributed by atoms with van der Waals surface area (Å²) in [7, 11) is 3.00. The Hall–Kier alpha value is -1.72. The van der Waals surface area contributed by atoms with Crippen LogP contribution < -0.4 is 14.8 Å². The molecule has 21 heavy (non-hydrogen) atoms. The third-order valence-corrected chi connectivity index (χ3v) is 4.06. The van der Waals surface area contributed by atoms with Gasteiger partial charge in [-0.25, -0.2) is 0 Å². The molecule has 1 N–H and O–H groups in total. The minimum Gasteiger partial charge on any atom is -0.496 e. The summed E-state index contributed by atoms with van der Waals surface area (Å²) in [6.45, 7) is 0. The second-order valence-corrected chi connectivity index (χ2v) is 5.38. The number of hydrogen-bond donors (Lipinski definition) is 1. The van der Waals surface area contributed by atoms with E-state index in [-0.39, 0.29) is 5.91 Å². The van der Waals surface area contributed by atoms with Crippen molar-refractivity contribution in [1.29, 1.82) is 0 Å². The van der Waals surface area contributed by atoms with E-state index < -0.39 is 0 Å². The molecule has 0 aliphatic carbocycles. The van der Waals surface area contributed by atoms with Gasteiger partial charge in [-0.15, -0.1) is 0 Å². The lowest BCUT2D eigenvalue weighted by atomic mass is 10.1. The van der Waals surface area contributed by atoms with Gasteiger partial charge < -0.3 is 14.8 Å². The maximum absolute atomic E-state index is 12.4. The fourth-order valence-corrected chi connectivity index (χ4v) is 2.27. The van der Waals surface area contributed by atoms with Crippen molar-refractivity contribution in [3.8, 4) is 11.5 Å². The molecule has 0 fully saturated rings. The van der Waals surface area contributed by atoms with Crippen molar-refractivity contribution in [2.24, 2.45) is 0 Å². The molecule has 0 bridgehead atoms. The van der Waals surface area contributed by atoms with Crippen molar-refractivity contribution in [2.45, 2.75) is 0 Å². The van der Waals surface area contributed by atoms with E-state index in [4.69, 9.17) is 21.1 Å². The van der Waals surface area contributed by atoms with E-state index in [0.29, 0.717) is 27.8 Å². The van der Waals surface area contributed by atoms with Gasteiger partial charge >= 0.3 is 0 Å². The van der Waals surface area contributed by atoms with Gasteiger partial charge in [0.25, 0.3) is 5.91 Å². The quantitative estimate of drug-likeness (QED) is 0.869. The van der Waals surface area contributed by atoms with Gasteiger partial charge in [-0.1, -0.05) is 17.7 Å². The fraction of sp³-hybridized carbons (Fsp3) is 0.133. The van der Waals surface area contributed by atoms with E-state index in [0.717, 1.165) is 4.47 Å². The number of anilines is 1. The molecule has 0 radical (unpaired) electrons. The average molecular weight is 371 g/mol. The van der Waals surface area contributed by atoms with Gasteiger partial charge in [0.15, 0.2) is 0 Å². The van der Waals surface area contributed by atoms with Crippen LogP contribution in [0.1, 0.15) is 10.4 Å². The first-order valence-electron chi connectivity index (χ1n) is 6.04. The van der Waals surface area contributed by atoms with Crippen LogP contribution in [-0.2, 0) is 0 Å². The standard InChI is InChI=1S/C15H13BrClNO3/c1-20-12-4-3-5-13(21-2)14(12)15(19)18-9-6-7-10(16)11(17)8-9/h3-8H,1-2H3,(H,18,19). The highest BCUT2D eigenvalue weighted by Crippen LogP contribution is 2.30. The Morgan fingerprint density at radius 2 is 1.76 bits per heavy atom. The molecule has 0 aliphatic heterocycles. The monoisotopic (exact) mass is 369 g/mol.